The molecule has 1 N–H and O–H groups in total. The molecule has 0 aliphatic carbocycles. The average molecular weight is 297 g/mol. The van der Waals surface area contributed by atoms with Crippen molar-refractivity contribution in [3.63, 3.8) is 0 Å². The summed E-state index contributed by atoms with van der Waals surface area (Å²) in [6.45, 7) is 3.97. The lowest BCUT2D eigenvalue weighted by molar-refractivity contribution is 0.548. The molecule has 1 rings (SSSR count). The van der Waals surface area contributed by atoms with E-state index in [4.69, 9.17) is 0 Å². The largest absolute Gasteiger partial charge is 0.316 e. The van der Waals surface area contributed by atoms with E-state index < -0.39 is 11.6 Å². The Morgan fingerprint density at radius 2 is 1.52 bits per heavy atom. The first-order valence-electron chi connectivity index (χ1n) is 8.38. The van der Waals surface area contributed by atoms with Crippen molar-refractivity contribution in [3.05, 3.63) is 35.4 Å². The van der Waals surface area contributed by atoms with Crippen LogP contribution in [0.15, 0.2) is 18.2 Å². The predicted octanol–water partition coefficient (Wildman–Crippen LogP) is 5.24. The van der Waals surface area contributed by atoms with E-state index in [2.05, 4.69) is 12.2 Å². The quantitative estimate of drug-likeness (QED) is 0.520. The summed E-state index contributed by atoms with van der Waals surface area (Å²) in [4.78, 5) is 0. The van der Waals surface area contributed by atoms with Crippen LogP contribution in [-0.4, -0.2) is 13.1 Å². The van der Waals surface area contributed by atoms with Crippen molar-refractivity contribution < 1.29 is 8.78 Å². The van der Waals surface area contributed by atoms with Crippen molar-refractivity contribution in [2.75, 3.05) is 13.1 Å². The highest BCUT2D eigenvalue weighted by Gasteiger charge is 2.02. The maximum absolute atomic E-state index is 13.4. The van der Waals surface area contributed by atoms with Gasteiger partial charge in [0, 0.05) is 6.07 Å². The number of rotatable bonds is 12. The van der Waals surface area contributed by atoms with Crippen LogP contribution in [-0.2, 0) is 6.42 Å². The number of nitrogens with one attached hydrogen (secondary N) is 1. The zero-order valence-corrected chi connectivity index (χ0v) is 13.3. The summed E-state index contributed by atoms with van der Waals surface area (Å²) < 4.78 is 26.1. The van der Waals surface area contributed by atoms with Crippen LogP contribution in [0.2, 0.25) is 0 Å². The highest BCUT2D eigenvalue weighted by molar-refractivity contribution is 5.18. The van der Waals surface area contributed by atoms with E-state index in [-0.39, 0.29) is 0 Å². The third kappa shape index (κ3) is 8.82. The molecular weight excluding hydrogens is 268 g/mol. The average Bonchev–Trinajstić information content (AvgIpc) is 2.46. The standard InChI is InChI=1S/C18H29F2N/c1-2-3-4-5-6-7-8-9-13-21-14-12-16-10-11-17(19)15-18(16)20/h10-11,15,21H,2-9,12-14H2,1H3. The van der Waals surface area contributed by atoms with Crippen LogP contribution >= 0.6 is 0 Å². The molecule has 3 heteroatoms. The number of unbranched alkanes of at least 4 members (excludes halogenated alkanes) is 7. The summed E-state index contributed by atoms with van der Waals surface area (Å²) in [6.07, 6.45) is 11.1. The van der Waals surface area contributed by atoms with Crippen molar-refractivity contribution in [2.45, 2.75) is 64.7 Å². The molecule has 0 aromatic heterocycles. The minimum atomic E-state index is -0.511. The van der Waals surface area contributed by atoms with E-state index in [1.54, 1.807) is 0 Å². The fourth-order valence-electron chi connectivity index (χ4n) is 2.46. The zero-order valence-electron chi connectivity index (χ0n) is 13.3. The number of hydrogen-bond donors (Lipinski definition) is 1. The van der Waals surface area contributed by atoms with Crippen LogP contribution in [0, 0.1) is 11.6 Å². The molecule has 0 saturated heterocycles. The number of hydrogen-bond acceptors (Lipinski definition) is 1. The van der Waals surface area contributed by atoms with Gasteiger partial charge in [-0.3, -0.25) is 0 Å². The second-order valence-electron chi connectivity index (χ2n) is 5.71. The summed E-state index contributed by atoms with van der Waals surface area (Å²) in [5, 5.41) is 3.33. The fourth-order valence-corrected chi connectivity index (χ4v) is 2.46. The van der Waals surface area contributed by atoms with Crippen molar-refractivity contribution in [1.82, 2.24) is 5.32 Å². The van der Waals surface area contributed by atoms with Crippen LogP contribution in [0.3, 0.4) is 0 Å². The summed E-state index contributed by atoms with van der Waals surface area (Å²) in [6, 6.07) is 3.80. The molecule has 1 aromatic rings. The van der Waals surface area contributed by atoms with Gasteiger partial charge in [-0.2, -0.15) is 0 Å². The molecule has 0 atom stereocenters. The Morgan fingerprint density at radius 1 is 0.857 bits per heavy atom. The van der Waals surface area contributed by atoms with E-state index in [9.17, 15) is 8.78 Å². The molecule has 21 heavy (non-hydrogen) atoms. The molecule has 0 aliphatic rings. The van der Waals surface area contributed by atoms with Crippen LogP contribution < -0.4 is 5.32 Å². The van der Waals surface area contributed by atoms with Crippen LogP contribution in [0.25, 0.3) is 0 Å². The van der Waals surface area contributed by atoms with Gasteiger partial charge in [-0.25, -0.2) is 8.78 Å². The Hall–Kier alpha value is -0.960. The van der Waals surface area contributed by atoms with Gasteiger partial charge >= 0.3 is 0 Å². The molecular formula is C18H29F2N. The first-order valence-corrected chi connectivity index (χ1v) is 8.38. The monoisotopic (exact) mass is 297 g/mol. The lowest BCUT2D eigenvalue weighted by Crippen LogP contribution is -2.18. The summed E-state index contributed by atoms with van der Waals surface area (Å²) in [7, 11) is 0. The second kappa shape index (κ2) is 11.7. The molecule has 1 nitrogen and oxygen atoms in total. The van der Waals surface area contributed by atoms with E-state index in [0.717, 1.165) is 19.2 Å². The van der Waals surface area contributed by atoms with Crippen molar-refractivity contribution >= 4 is 0 Å². The molecule has 0 amide bonds. The first-order chi connectivity index (χ1) is 10.2. The van der Waals surface area contributed by atoms with Gasteiger partial charge in [-0.05, 0) is 37.6 Å². The summed E-state index contributed by atoms with van der Waals surface area (Å²) in [5.74, 6) is -0.952. The van der Waals surface area contributed by atoms with Gasteiger partial charge in [-0.1, -0.05) is 57.9 Å². The van der Waals surface area contributed by atoms with Gasteiger partial charge in [0.1, 0.15) is 11.6 Å². The van der Waals surface area contributed by atoms with Crippen molar-refractivity contribution in [2.24, 2.45) is 0 Å². The van der Waals surface area contributed by atoms with E-state index in [1.807, 2.05) is 0 Å². The Balaban J connectivity index is 1.93. The van der Waals surface area contributed by atoms with Gasteiger partial charge in [0.05, 0.1) is 0 Å². The minimum absolute atomic E-state index is 0.441. The van der Waals surface area contributed by atoms with Gasteiger partial charge in [-0.15, -0.1) is 0 Å². The Bertz CT molecular complexity index is 379. The van der Waals surface area contributed by atoms with E-state index in [1.165, 1.54) is 63.5 Å². The molecule has 0 fully saturated rings. The van der Waals surface area contributed by atoms with Crippen molar-refractivity contribution in [1.29, 1.82) is 0 Å². The second-order valence-corrected chi connectivity index (χ2v) is 5.71. The maximum Gasteiger partial charge on any atom is 0.129 e. The molecule has 0 aliphatic heterocycles. The Morgan fingerprint density at radius 3 is 2.19 bits per heavy atom. The number of halogens is 2. The molecule has 0 radical (unpaired) electrons. The lowest BCUT2D eigenvalue weighted by Gasteiger charge is -2.06. The van der Waals surface area contributed by atoms with Gasteiger partial charge in [0.25, 0.3) is 0 Å². The third-order valence-electron chi connectivity index (χ3n) is 3.79. The molecule has 0 unspecified atom stereocenters. The zero-order chi connectivity index (χ0) is 15.3. The fraction of sp³-hybridized carbons (Fsp3) is 0.667. The minimum Gasteiger partial charge on any atom is -0.316 e. The smallest absolute Gasteiger partial charge is 0.129 e. The maximum atomic E-state index is 13.4. The molecule has 0 bridgehead atoms. The van der Waals surface area contributed by atoms with E-state index in [0.29, 0.717) is 12.0 Å². The van der Waals surface area contributed by atoms with Crippen LogP contribution in [0.5, 0.6) is 0 Å². The Kier molecular flexibility index (Phi) is 10.1. The number of benzene rings is 1. The lowest BCUT2D eigenvalue weighted by atomic mass is 10.1. The van der Waals surface area contributed by atoms with Crippen LogP contribution in [0.1, 0.15) is 63.9 Å². The Labute approximate surface area is 128 Å². The highest BCUT2D eigenvalue weighted by atomic mass is 19.1. The van der Waals surface area contributed by atoms with Gasteiger partial charge < -0.3 is 5.32 Å². The summed E-state index contributed by atoms with van der Waals surface area (Å²) >= 11 is 0. The molecule has 120 valence electrons. The van der Waals surface area contributed by atoms with Crippen LogP contribution in [0.4, 0.5) is 8.78 Å². The van der Waals surface area contributed by atoms with Crippen molar-refractivity contribution in [3.8, 4) is 0 Å². The third-order valence-corrected chi connectivity index (χ3v) is 3.79. The molecule has 0 spiro atoms. The molecule has 0 heterocycles. The molecule has 0 saturated carbocycles. The first kappa shape index (κ1) is 18.1. The van der Waals surface area contributed by atoms with Gasteiger partial charge in [0.15, 0.2) is 0 Å². The summed E-state index contributed by atoms with van der Waals surface area (Å²) in [5.41, 5.74) is 0.583. The van der Waals surface area contributed by atoms with E-state index >= 15 is 0 Å². The SMILES string of the molecule is CCCCCCCCCCNCCc1ccc(F)cc1F. The van der Waals surface area contributed by atoms with Gasteiger partial charge in [0.2, 0.25) is 0 Å². The molecule has 1 aromatic carbocycles. The predicted molar refractivity (Wildman–Crippen MR) is 85.5 cm³/mol. The normalized spacial score (nSPS) is 11.0. The highest BCUT2D eigenvalue weighted by Crippen LogP contribution is 2.10. The topological polar surface area (TPSA) is 12.0 Å².